The van der Waals surface area contributed by atoms with Crippen LogP contribution < -0.4 is 5.32 Å². The largest absolute Gasteiger partial charge is 0.481 e. The van der Waals surface area contributed by atoms with Crippen molar-refractivity contribution in [1.29, 1.82) is 0 Å². The lowest BCUT2D eigenvalue weighted by Gasteiger charge is -2.16. The summed E-state index contributed by atoms with van der Waals surface area (Å²) >= 11 is 0. The number of benzene rings is 1. The number of esters is 1. The van der Waals surface area contributed by atoms with E-state index in [4.69, 9.17) is 14.6 Å². The fourth-order valence-corrected chi connectivity index (χ4v) is 3.49. The maximum absolute atomic E-state index is 12.2. The Bertz CT molecular complexity index is 664. The summed E-state index contributed by atoms with van der Waals surface area (Å²) in [6.07, 6.45) is 13.0. The number of rotatable bonds is 19. The van der Waals surface area contributed by atoms with E-state index < -0.39 is 30.5 Å². The Balaban J connectivity index is 2.14. The van der Waals surface area contributed by atoms with Gasteiger partial charge >= 0.3 is 18.0 Å². The van der Waals surface area contributed by atoms with Crippen LogP contribution in [0.15, 0.2) is 30.3 Å². The standard InChI is InChI=1S/C26H41NO6/c1-2-3-4-5-6-7-8-9-10-11-12-16-19-32-25(30)23(20-24(28)29)27-26(31)33-21-22-17-14-13-15-18-22/h13-15,17-18,23H,2-12,16,19-21H2,1H3,(H,27,31)(H,28,29)/t23-/m0/s1. The lowest BCUT2D eigenvalue weighted by atomic mass is 10.1. The molecule has 0 unspecified atom stereocenters. The molecule has 186 valence electrons. The minimum atomic E-state index is -1.27. The summed E-state index contributed by atoms with van der Waals surface area (Å²) in [4.78, 5) is 35.3. The SMILES string of the molecule is CCCCCCCCCCCCCCOC(=O)[C@H](CC(=O)O)NC(=O)OCc1ccccc1. The van der Waals surface area contributed by atoms with Gasteiger partial charge in [0.2, 0.25) is 0 Å². The van der Waals surface area contributed by atoms with Gasteiger partial charge in [0.1, 0.15) is 12.6 Å². The van der Waals surface area contributed by atoms with Crippen molar-refractivity contribution in [1.82, 2.24) is 5.32 Å². The number of ether oxygens (including phenoxy) is 2. The average molecular weight is 464 g/mol. The second kappa shape index (κ2) is 18.9. The Morgan fingerprint density at radius 1 is 0.818 bits per heavy atom. The van der Waals surface area contributed by atoms with Gasteiger partial charge in [0, 0.05) is 0 Å². The van der Waals surface area contributed by atoms with Crippen LogP contribution in [-0.4, -0.2) is 35.8 Å². The van der Waals surface area contributed by atoms with E-state index in [1.165, 1.54) is 57.8 Å². The van der Waals surface area contributed by atoms with Crippen molar-refractivity contribution >= 4 is 18.0 Å². The molecule has 1 aromatic rings. The third-order valence-corrected chi connectivity index (χ3v) is 5.41. The number of carbonyl (C=O) groups is 3. The molecule has 0 aliphatic heterocycles. The van der Waals surface area contributed by atoms with Gasteiger partial charge in [0.25, 0.3) is 0 Å². The van der Waals surface area contributed by atoms with Crippen LogP contribution in [0.25, 0.3) is 0 Å². The summed E-state index contributed by atoms with van der Waals surface area (Å²) in [7, 11) is 0. The third-order valence-electron chi connectivity index (χ3n) is 5.41. The minimum Gasteiger partial charge on any atom is -0.481 e. The molecule has 0 radical (unpaired) electrons. The molecule has 1 atom stereocenters. The highest BCUT2D eigenvalue weighted by Gasteiger charge is 2.25. The van der Waals surface area contributed by atoms with Crippen molar-refractivity contribution in [3.8, 4) is 0 Å². The molecule has 0 fully saturated rings. The highest BCUT2D eigenvalue weighted by Crippen LogP contribution is 2.12. The number of carboxylic acid groups (broad SMARTS) is 1. The van der Waals surface area contributed by atoms with Crippen molar-refractivity contribution in [2.24, 2.45) is 0 Å². The predicted molar refractivity (Wildman–Crippen MR) is 128 cm³/mol. The van der Waals surface area contributed by atoms with Crippen LogP contribution in [0.2, 0.25) is 0 Å². The smallest absolute Gasteiger partial charge is 0.408 e. The lowest BCUT2D eigenvalue weighted by Crippen LogP contribution is -2.43. The minimum absolute atomic E-state index is 0.0281. The molecule has 0 saturated carbocycles. The molecule has 33 heavy (non-hydrogen) atoms. The number of carboxylic acids is 1. The Labute approximate surface area is 198 Å². The number of amides is 1. The van der Waals surface area contributed by atoms with Gasteiger partial charge in [-0.15, -0.1) is 0 Å². The molecular weight excluding hydrogens is 422 g/mol. The Hall–Kier alpha value is -2.57. The van der Waals surface area contributed by atoms with Crippen molar-refractivity contribution in [3.05, 3.63) is 35.9 Å². The quantitative estimate of drug-likeness (QED) is 0.193. The molecule has 1 rings (SSSR count). The molecule has 0 saturated heterocycles. The Morgan fingerprint density at radius 3 is 1.91 bits per heavy atom. The van der Waals surface area contributed by atoms with Crippen LogP contribution in [0.5, 0.6) is 0 Å². The van der Waals surface area contributed by atoms with Crippen molar-refractivity contribution in [2.45, 2.75) is 103 Å². The molecule has 1 aromatic carbocycles. The Kier molecular flexibility index (Phi) is 16.3. The number of hydrogen-bond donors (Lipinski definition) is 2. The molecule has 7 heteroatoms. The molecule has 0 heterocycles. The average Bonchev–Trinajstić information content (AvgIpc) is 2.80. The number of hydrogen-bond acceptors (Lipinski definition) is 5. The van der Waals surface area contributed by atoms with E-state index >= 15 is 0 Å². The monoisotopic (exact) mass is 463 g/mol. The van der Waals surface area contributed by atoms with Crippen molar-refractivity contribution in [3.63, 3.8) is 0 Å². The van der Waals surface area contributed by atoms with Crippen LogP contribution in [0.4, 0.5) is 4.79 Å². The highest BCUT2D eigenvalue weighted by molar-refractivity contribution is 5.85. The zero-order valence-corrected chi connectivity index (χ0v) is 20.1. The third kappa shape index (κ3) is 15.8. The number of carbonyl (C=O) groups excluding carboxylic acids is 2. The van der Waals surface area contributed by atoms with E-state index in [9.17, 15) is 14.4 Å². The first-order chi connectivity index (χ1) is 16.0. The topological polar surface area (TPSA) is 102 Å². The molecule has 0 aliphatic carbocycles. The van der Waals surface area contributed by atoms with Gasteiger partial charge in [-0.3, -0.25) is 4.79 Å². The summed E-state index contributed by atoms with van der Waals surface area (Å²) in [5.41, 5.74) is 0.789. The zero-order chi connectivity index (χ0) is 24.2. The van der Waals surface area contributed by atoms with E-state index in [1.807, 2.05) is 18.2 Å². The van der Waals surface area contributed by atoms with Gasteiger partial charge in [-0.25, -0.2) is 9.59 Å². The molecule has 0 aliphatic rings. The lowest BCUT2D eigenvalue weighted by molar-refractivity contribution is -0.150. The molecule has 7 nitrogen and oxygen atoms in total. The first-order valence-electron chi connectivity index (χ1n) is 12.4. The molecule has 2 N–H and O–H groups in total. The van der Waals surface area contributed by atoms with Crippen LogP contribution in [0, 0.1) is 0 Å². The summed E-state index contributed by atoms with van der Waals surface area (Å²) in [5.74, 6) is -1.96. The van der Waals surface area contributed by atoms with Gasteiger partial charge in [0.05, 0.1) is 13.0 Å². The van der Waals surface area contributed by atoms with Crippen molar-refractivity contribution < 1.29 is 29.0 Å². The van der Waals surface area contributed by atoms with Crippen LogP contribution in [-0.2, 0) is 25.7 Å². The number of nitrogens with one attached hydrogen (secondary N) is 1. The van der Waals surface area contributed by atoms with Gasteiger partial charge in [-0.2, -0.15) is 0 Å². The van der Waals surface area contributed by atoms with Crippen LogP contribution in [0.1, 0.15) is 96.0 Å². The van der Waals surface area contributed by atoms with Gasteiger partial charge in [-0.1, -0.05) is 108 Å². The zero-order valence-electron chi connectivity index (χ0n) is 20.1. The first-order valence-corrected chi connectivity index (χ1v) is 12.4. The molecule has 0 bridgehead atoms. The first kappa shape index (κ1) is 28.5. The summed E-state index contributed by atoms with van der Waals surface area (Å²) < 4.78 is 10.2. The molecule has 0 spiro atoms. The van der Waals surface area contributed by atoms with Crippen LogP contribution >= 0.6 is 0 Å². The van der Waals surface area contributed by atoms with Crippen LogP contribution in [0.3, 0.4) is 0 Å². The fourth-order valence-electron chi connectivity index (χ4n) is 3.49. The normalized spacial score (nSPS) is 11.5. The second-order valence-corrected chi connectivity index (χ2v) is 8.41. The van der Waals surface area contributed by atoms with Gasteiger partial charge in [-0.05, 0) is 12.0 Å². The highest BCUT2D eigenvalue weighted by atomic mass is 16.6. The number of aliphatic carboxylic acids is 1. The van der Waals surface area contributed by atoms with E-state index in [2.05, 4.69) is 12.2 Å². The maximum Gasteiger partial charge on any atom is 0.408 e. The van der Waals surface area contributed by atoms with E-state index in [1.54, 1.807) is 12.1 Å². The number of alkyl carbamates (subject to hydrolysis) is 1. The fraction of sp³-hybridized carbons (Fsp3) is 0.654. The van der Waals surface area contributed by atoms with E-state index in [-0.39, 0.29) is 13.2 Å². The Morgan fingerprint density at radius 2 is 1.36 bits per heavy atom. The maximum atomic E-state index is 12.2. The molecule has 0 aromatic heterocycles. The van der Waals surface area contributed by atoms with E-state index in [0.717, 1.165) is 24.8 Å². The van der Waals surface area contributed by atoms with Gasteiger partial charge in [0.15, 0.2) is 0 Å². The van der Waals surface area contributed by atoms with Crippen molar-refractivity contribution in [2.75, 3.05) is 6.61 Å². The summed E-state index contributed by atoms with van der Waals surface area (Å²) in [6, 6.07) is 7.80. The van der Waals surface area contributed by atoms with Gasteiger partial charge < -0.3 is 19.9 Å². The molecule has 1 amide bonds. The summed E-state index contributed by atoms with van der Waals surface area (Å²) in [6.45, 7) is 2.48. The second-order valence-electron chi connectivity index (χ2n) is 8.41. The number of unbranched alkanes of at least 4 members (excludes halogenated alkanes) is 11. The molecular formula is C26H41NO6. The predicted octanol–water partition coefficient (Wildman–Crippen LogP) is 6.00. The van der Waals surface area contributed by atoms with E-state index in [0.29, 0.717) is 0 Å². The summed E-state index contributed by atoms with van der Waals surface area (Å²) in [5, 5.41) is 11.3.